The van der Waals surface area contributed by atoms with E-state index in [4.69, 9.17) is 4.98 Å². The van der Waals surface area contributed by atoms with Gasteiger partial charge in [0.25, 0.3) is 5.56 Å². The first kappa shape index (κ1) is 19.6. The maximum Gasteiger partial charge on any atom is 0.332 e. The summed E-state index contributed by atoms with van der Waals surface area (Å²) >= 11 is 0. The Labute approximate surface area is 170 Å². The fraction of sp³-hybridized carbons (Fsp3) is 0.500. The minimum absolute atomic E-state index is 0.267. The number of piperidine rings is 1. The maximum atomic E-state index is 13.0. The molecule has 1 saturated heterocycles. The van der Waals surface area contributed by atoms with Gasteiger partial charge in [-0.1, -0.05) is 30.3 Å². The number of likely N-dealkylation sites (tertiary alicyclic amines) is 1. The van der Waals surface area contributed by atoms with Gasteiger partial charge in [0.2, 0.25) is 0 Å². The van der Waals surface area contributed by atoms with Gasteiger partial charge >= 0.3 is 5.69 Å². The molecule has 29 heavy (non-hydrogen) atoms. The van der Waals surface area contributed by atoms with E-state index in [-0.39, 0.29) is 11.2 Å². The van der Waals surface area contributed by atoms with Gasteiger partial charge in [0.05, 0.1) is 12.6 Å². The van der Waals surface area contributed by atoms with Gasteiger partial charge in [-0.15, -0.1) is 0 Å². The predicted molar refractivity (Wildman–Crippen MR) is 113 cm³/mol. The minimum atomic E-state index is -0.333. The van der Waals surface area contributed by atoms with Gasteiger partial charge in [0, 0.05) is 20.6 Å². The highest BCUT2D eigenvalue weighted by atomic mass is 16.2. The Kier molecular flexibility index (Phi) is 5.41. The van der Waals surface area contributed by atoms with Crippen molar-refractivity contribution in [3.8, 4) is 0 Å². The number of quaternary nitrogens is 1. The SMILES string of the molecule is C[C@@H]1CCCC[NH+]1Cc1nc2c(c(=O)n(C)c(=O)n2C)n1CCc1ccccc1. The van der Waals surface area contributed by atoms with E-state index < -0.39 is 0 Å². The number of benzene rings is 1. The second-order valence-electron chi connectivity index (χ2n) is 8.28. The van der Waals surface area contributed by atoms with Gasteiger partial charge in [-0.3, -0.25) is 13.9 Å². The smallest absolute Gasteiger partial charge is 0.326 e. The van der Waals surface area contributed by atoms with Crippen molar-refractivity contribution in [3.05, 3.63) is 62.6 Å². The van der Waals surface area contributed by atoms with Crippen molar-refractivity contribution in [2.45, 2.75) is 51.7 Å². The Hall–Kier alpha value is -2.67. The highest BCUT2D eigenvalue weighted by Crippen LogP contribution is 2.13. The average Bonchev–Trinajstić information content (AvgIpc) is 3.10. The molecule has 1 aromatic carbocycles. The minimum Gasteiger partial charge on any atom is -0.326 e. The number of aryl methyl sites for hydroxylation is 3. The van der Waals surface area contributed by atoms with Crippen LogP contribution in [0.4, 0.5) is 0 Å². The quantitative estimate of drug-likeness (QED) is 0.688. The molecule has 1 unspecified atom stereocenters. The third-order valence-corrected chi connectivity index (χ3v) is 6.36. The summed E-state index contributed by atoms with van der Waals surface area (Å²) in [5, 5.41) is 0. The van der Waals surface area contributed by atoms with Crippen LogP contribution in [0, 0.1) is 0 Å². The molecule has 1 aliphatic rings. The summed E-state index contributed by atoms with van der Waals surface area (Å²) in [7, 11) is 3.23. The molecule has 0 spiro atoms. The van der Waals surface area contributed by atoms with E-state index in [1.807, 2.05) is 18.2 Å². The number of aromatic nitrogens is 4. The molecule has 4 rings (SSSR count). The lowest BCUT2D eigenvalue weighted by molar-refractivity contribution is -0.942. The lowest BCUT2D eigenvalue weighted by Crippen LogP contribution is -3.15. The molecule has 2 aromatic heterocycles. The molecule has 3 heterocycles. The van der Waals surface area contributed by atoms with Crippen LogP contribution in [0.25, 0.3) is 11.2 Å². The number of hydrogen-bond donors (Lipinski definition) is 1. The average molecular weight is 397 g/mol. The van der Waals surface area contributed by atoms with Crippen LogP contribution in [0.1, 0.15) is 37.6 Å². The summed E-state index contributed by atoms with van der Waals surface area (Å²) < 4.78 is 4.73. The normalized spacial score (nSPS) is 19.7. The van der Waals surface area contributed by atoms with Crippen molar-refractivity contribution in [1.82, 2.24) is 18.7 Å². The fourth-order valence-electron chi connectivity index (χ4n) is 4.47. The lowest BCUT2D eigenvalue weighted by Gasteiger charge is -2.30. The first-order valence-electron chi connectivity index (χ1n) is 10.5. The van der Waals surface area contributed by atoms with E-state index in [9.17, 15) is 9.59 Å². The number of imidazole rings is 1. The molecular formula is C22H30N5O2+. The van der Waals surface area contributed by atoms with E-state index in [1.54, 1.807) is 7.05 Å². The van der Waals surface area contributed by atoms with Crippen LogP contribution in [0.15, 0.2) is 39.9 Å². The summed E-state index contributed by atoms with van der Waals surface area (Å²) in [5.41, 5.74) is 1.65. The summed E-state index contributed by atoms with van der Waals surface area (Å²) in [6.07, 6.45) is 4.55. The first-order valence-corrected chi connectivity index (χ1v) is 10.5. The molecule has 1 N–H and O–H groups in total. The number of rotatable bonds is 5. The Morgan fingerprint density at radius 1 is 1.10 bits per heavy atom. The standard InChI is InChI=1S/C22H29N5O2/c1-16-9-7-8-13-26(16)15-18-23-20-19(21(28)25(3)22(29)24(20)2)27(18)14-12-17-10-5-4-6-11-17/h4-6,10-11,16H,7-9,12-15H2,1-3H3/p+1/t16-/m1/s1. The maximum absolute atomic E-state index is 13.0. The highest BCUT2D eigenvalue weighted by molar-refractivity contribution is 5.71. The molecule has 0 bridgehead atoms. The Morgan fingerprint density at radius 2 is 1.86 bits per heavy atom. The molecule has 0 aliphatic carbocycles. The lowest BCUT2D eigenvalue weighted by atomic mass is 10.0. The molecule has 7 nitrogen and oxygen atoms in total. The molecule has 7 heteroatoms. The van der Waals surface area contributed by atoms with Crippen LogP contribution >= 0.6 is 0 Å². The summed E-state index contributed by atoms with van der Waals surface area (Å²) in [6, 6.07) is 10.9. The number of hydrogen-bond acceptors (Lipinski definition) is 3. The van der Waals surface area contributed by atoms with Crippen molar-refractivity contribution in [2.75, 3.05) is 6.54 Å². The molecular weight excluding hydrogens is 366 g/mol. The fourth-order valence-corrected chi connectivity index (χ4v) is 4.47. The van der Waals surface area contributed by atoms with Crippen molar-refractivity contribution in [1.29, 1.82) is 0 Å². The zero-order valence-corrected chi connectivity index (χ0v) is 17.5. The summed E-state index contributed by atoms with van der Waals surface area (Å²) in [4.78, 5) is 31.7. The highest BCUT2D eigenvalue weighted by Gasteiger charge is 2.26. The summed E-state index contributed by atoms with van der Waals surface area (Å²) in [6.45, 7) is 4.87. The molecule has 1 aliphatic heterocycles. The largest absolute Gasteiger partial charge is 0.332 e. The van der Waals surface area contributed by atoms with Crippen molar-refractivity contribution in [3.63, 3.8) is 0 Å². The van der Waals surface area contributed by atoms with E-state index in [0.717, 1.165) is 25.3 Å². The van der Waals surface area contributed by atoms with Crippen molar-refractivity contribution >= 4 is 11.2 Å². The predicted octanol–water partition coefficient (Wildman–Crippen LogP) is 0.634. The van der Waals surface area contributed by atoms with Gasteiger partial charge in [0.1, 0.15) is 6.54 Å². The van der Waals surface area contributed by atoms with Gasteiger partial charge in [0.15, 0.2) is 17.0 Å². The van der Waals surface area contributed by atoms with E-state index >= 15 is 0 Å². The van der Waals surface area contributed by atoms with E-state index in [2.05, 4.69) is 23.6 Å². The Balaban J connectivity index is 1.80. The van der Waals surface area contributed by atoms with Crippen molar-refractivity contribution in [2.24, 2.45) is 14.1 Å². The van der Waals surface area contributed by atoms with E-state index in [0.29, 0.717) is 23.8 Å². The topological polar surface area (TPSA) is 66.3 Å². The monoisotopic (exact) mass is 396 g/mol. The van der Waals surface area contributed by atoms with Crippen LogP contribution in [-0.4, -0.2) is 31.3 Å². The second-order valence-corrected chi connectivity index (χ2v) is 8.28. The number of fused-ring (bicyclic) bond motifs is 1. The molecule has 0 saturated carbocycles. The van der Waals surface area contributed by atoms with Crippen molar-refractivity contribution < 1.29 is 4.90 Å². The molecule has 3 aromatic rings. The zero-order valence-electron chi connectivity index (χ0n) is 17.5. The first-order chi connectivity index (χ1) is 14.0. The summed E-state index contributed by atoms with van der Waals surface area (Å²) in [5.74, 6) is 0.901. The molecule has 2 atom stereocenters. The molecule has 1 fully saturated rings. The molecule has 154 valence electrons. The Bertz CT molecular complexity index is 1130. The van der Waals surface area contributed by atoms with Gasteiger partial charge in [-0.2, -0.15) is 0 Å². The van der Waals surface area contributed by atoms with Crippen LogP contribution in [-0.2, 0) is 33.6 Å². The molecule has 0 radical (unpaired) electrons. The van der Waals surface area contributed by atoms with Crippen LogP contribution in [0.3, 0.4) is 0 Å². The zero-order chi connectivity index (χ0) is 20.5. The number of nitrogens with zero attached hydrogens (tertiary/aromatic N) is 4. The van der Waals surface area contributed by atoms with Crippen LogP contribution in [0.2, 0.25) is 0 Å². The second kappa shape index (κ2) is 7.99. The van der Waals surface area contributed by atoms with Crippen LogP contribution < -0.4 is 16.1 Å². The third kappa shape index (κ3) is 3.67. The molecule has 0 amide bonds. The number of nitrogens with one attached hydrogen (secondary N) is 1. The Morgan fingerprint density at radius 3 is 2.59 bits per heavy atom. The van der Waals surface area contributed by atoms with Gasteiger partial charge < -0.3 is 9.47 Å². The van der Waals surface area contributed by atoms with Crippen LogP contribution in [0.5, 0.6) is 0 Å². The van der Waals surface area contributed by atoms with Gasteiger partial charge in [-0.25, -0.2) is 9.78 Å². The van der Waals surface area contributed by atoms with Gasteiger partial charge in [-0.05, 0) is 38.2 Å². The van der Waals surface area contributed by atoms with E-state index in [1.165, 1.54) is 45.9 Å². The third-order valence-electron chi connectivity index (χ3n) is 6.36.